The molecule has 0 aliphatic carbocycles. The normalized spacial score (nSPS) is 10.7. The average Bonchev–Trinajstić information content (AvgIpc) is 3.06. The van der Waals surface area contributed by atoms with E-state index in [1.807, 2.05) is 19.1 Å². The molecule has 0 aliphatic heterocycles. The van der Waals surface area contributed by atoms with Crippen molar-refractivity contribution in [2.75, 3.05) is 13.2 Å². The van der Waals surface area contributed by atoms with Crippen LogP contribution in [0, 0.1) is 6.92 Å². The molecular formula is C18H18N4O3S. The highest BCUT2D eigenvalue weighted by Crippen LogP contribution is 2.18. The van der Waals surface area contributed by atoms with Gasteiger partial charge in [0, 0.05) is 40.5 Å². The van der Waals surface area contributed by atoms with E-state index in [0.29, 0.717) is 17.9 Å². The quantitative estimate of drug-likeness (QED) is 0.690. The molecule has 0 bridgehead atoms. The molecule has 0 radical (unpaired) electrons. The Morgan fingerprint density at radius 2 is 2.15 bits per heavy atom. The summed E-state index contributed by atoms with van der Waals surface area (Å²) >= 11 is 1.57. The fraction of sp³-hybridized carbons (Fsp3) is 0.222. The highest BCUT2D eigenvalue weighted by atomic mass is 32.1. The molecule has 0 aliphatic rings. The van der Waals surface area contributed by atoms with E-state index in [2.05, 4.69) is 15.0 Å². The average molecular weight is 370 g/mol. The van der Waals surface area contributed by atoms with Crippen molar-refractivity contribution >= 4 is 17.2 Å². The maximum absolute atomic E-state index is 12.8. The zero-order valence-corrected chi connectivity index (χ0v) is 15.0. The molecule has 8 heteroatoms. The molecule has 26 heavy (non-hydrogen) atoms. The first-order chi connectivity index (χ1) is 12.6. The number of hydrogen-bond acceptors (Lipinski definition) is 6. The number of pyridine rings is 1. The van der Waals surface area contributed by atoms with E-state index in [0.717, 1.165) is 9.75 Å². The van der Waals surface area contributed by atoms with E-state index in [-0.39, 0.29) is 18.7 Å². The van der Waals surface area contributed by atoms with E-state index in [1.165, 1.54) is 11.1 Å². The maximum Gasteiger partial charge on any atom is 0.264 e. The van der Waals surface area contributed by atoms with Gasteiger partial charge < -0.3 is 15.0 Å². The molecule has 0 saturated heterocycles. The van der Waals surface area contributed by atoms with Gasteiger partial charge in [0.1, 0.15) is 11.4 Å². The number of rotatable bonds is 6. The van der Waals surface area contributed by atoms with Gasteiger partial charge in [-0.2, -0.15) is 0 Å². The largest absolute Gasteiger partial charge is 0.395 e. The molecule has 0 atom stereocenters. The van der Waals surface area contributed by atoms with Gasteiger partial charge in [-0.15, -0.1) is 11.3 Å². The summed E-state index contributed by atoms with van der Waals surface area (Å²) in [4.78, 5) is 39.5. The molecule has 1 amide bonds. The lowest BCUT2D eigenvalue weighted by Crippen LogP contribution is -2.36. The molecule has 0 unspecified atom stereocenters. The Labute approximate surface area is 154 Å². The van der Waals surface area contributed by atoms with E-state index >= 15 is 0 Å². The van der Waals surface area contributed by atoms with E-state index in [1.54, 1.807) is 35.9 Å². The molecule has 7 nitrogen and oxygen atoms in total. The molecule has 3 rings (SSSR count). The van der Waals surface area contributed by atoms with Crippen LogP contribution in [0.15, 0.2) is 47.7 Å². The minimum Gasteiger partial charge on any atom is -0.395 e. The van der Waals surface area contributed by atoms with Crippen LogP contribution in [-0.4, -0.2) is 44.0 Å². The predicted octanol–water partition coefficient (Wildman–Crippen LogP) is 1.84. The number of nitrogens with one attached hydrogen (secondary N) is 1. The summed E-state index contributed by atoms with van der Waals surface area (Å²) < 4.78 is 0. The van der Waals surface area contributed by atoms with Crippen molar-refractivity contribution in [3.63, 3.8) is 0 Å². The zero-order valence-electron chi connectivity index (χ0n) is 14.2. The lowest BCUT2D eigenvalue weighted by molar-refractivity contribution is 0.0707. The van der Waals surface area contributed by atoms with Gasteiger partial charge in [-0.25, -0.2) is 4.98 Å². The van der Waals surface area contributed by atoms with Crippen molar-refractivity contribution < 1.29 is 9.90 Å². The molecule has 3 aromatic rings. The van der Waals surface area contributed by atoms with Crippen molar-refractivity contribution in [3.05, 3.63) is 68.5 Å². The van der Waals surface area contributed by atoms with Crippen LogP contribution in [0.2, 0.25) is 0 Å². The summed E-state index contributed by atoms with van der Waals surface area (Å²) in [6, 6.07) is 7.41. The van der Waals surface area contributed by atoms with E-state index in [9.17, 15) is 14.7 Å². The van der Waals surface area contributed by atoms with E-state index < -0.39 is 11.5 Å². The number of amides is 1. The Kier molecular flexibility index (Phi) is 5.55. The second kappa shape index (κ2) is 8.03. The first-order valence-electron chi connectivity index (χ1n) is 8.03. The second-order valence-corrected chi connectivity index (χ2v) is 7.05. The molecule has 0 spiro atoms. The van der Waals surface area contributed by atoms with Crippen molar-refractivity contribution in [1.82, 2.24) is 19.9 Å². The molecular weight excluding hydrogens is 352 g/mol. The Bertz CT molecular complexity index is 952. The molecule has 3 aromatic heterocycles. The summed E-state index contributed by atoms with van der Waals surface area (Å²) in [5.74, 6) is -0.112. The fourth-order valence-corrected chi connectivity index (χ4v) is 3.40. The van der Waals surface area contributed by atoms with Crippen LogP contribution in [0.5, 0.6) is 0 Å². The number of aromatic amines is 1. The third kappa shape index (κ3) is 4.04. The molecule has 0 aromatic carbocycles. The SMILES string of the molecule is Cc1ccc(CN(CCO)C(=O)c2cnc(-c3cccnc3)[nH]c2=O)s1. The first kappa shape index (κ1) is 18.0. The minimum atomic E-state index is -0.519. The van der Waals surface area contributed by atoms with Gasteiger partial charge in [0.2, 0.25) is 0 Å². The van der Waals surface area contributed by atoms with Crippen LogP contribution in [0.3, 0.4) is 0 Å². The maximum atomic E-state index is 12.8. The summed E-state index contributed by atoms with van der Waals surface area (Å²) in [6.07, 6.45) is 4.48. The van der Waals surface area contributed by atoms with Gasteiger partial charge in [-0.3, -0.25) is 14.6 Å². The lowest BCUT2D eigenvalue weighted by Gasteiger charge is -2.20. The first-order valence-corrected chi connectivity index (χ1v) is 8.85. The number of aryl methyl sites for hydroxylation is 1. The molecule has 3 heterocycles. The topological polar surface area (TPSA) is 99.2 Å². The Morgan fingerprint density at radius 1 is 1.31 bits per heavy atom. The third-order valence-corrected chi connectivity index (χ3v) is 4.75. The summed E-state index contributed by atoms with van der Waals surface area (Å²) in [6.45, 7) is 2.27. The van der Waals surface area contributed by atoms with Crippen LogP contribution in [0.4, 0.5) is 0 Å². The zero-order chi connectivity index (χ0) is 18.5. The van der Waals surface area contributed by atoms with Gasteiger partial charge in [0.15, 0.2) is 0 Å². The standard InChI is InChI=1S/C18H18N4O3S/c1-12-4-5-14(26-12)11-22(7-8-23)18(25)15-10-20-16(21-17(15)24)13-3-2-6-19-9-13/h2-6,9-10,23H,7-8,11H2,1H3,(H,20,21,24). The Balaban J connectivity index is 1.86. The number of aliphatic hydroxyl groups excluding tert-OH is 1. The predicted molar refractivity (Wildman–Crippen MR) is 99.0 cm³/mol. The van der Waals surface area contributed by atoms with Gasteiger partial charge in [-0.05, 0) is 31.2 Å². The third-order valence-electron chi connectivity index (χ3n) is 3.76. The van der Waals surface area contributed by atoms with Crippen LogP contribution in [0.25, 0.3) is 11.4 Å². The number of carbonyl (C=O) groups excluding carboxylic acids is 1. The van der Waals surface area contributed by atoms with Crippen molar-refractivity contribution in [3.8, 4) is 11.4 Å². The number of H-pyrrole nitrogens is 1. The fourth-order valence-electron chi connectivity index (χ4n) is 2.50. The molecule has 0 fully saturated rings. The highest BCUT2D eigenvalue weighted by molar-refractivity contribution is 7.11. The van der Waals surface area contributed by atoms with Crippen molar-refractivity contribution in [1.29, 1.82) is 0 Å². The number of thiophene rings is 1. The number of aliphatic hydroxyl groups is 1. The van der Waals surface area contributed by atoms with Gasteiger partial charge in [0.05, 0.1) is 13.2 Å². The smallest absolute Gasteiger partial charge is 0.264 e. The summed E-state index contributed by atoms with van der Waals surface area (Å²) in [7, 11) is 0. The monoisotopic (exact) mass is 370 g/mol. The minimum absolute atomic E-state index is 0.0561. The number of hydrogen-bond donors (Lipinski definition) is 2. The number of aromatic nitrogens is 3. The van der Waals surface area contributed by atoms with Crippen molar-refractivity contribution in [2.24, 2.45) is 0 Å². The van der Waals surface area contributed by atoms with Crippen LogP contribution in [0.1, 0.15) is 20.1 Å². The van der Waals surface area contributed by atoms with Gasteiger partial charge in [-0.1, -0.05) is 0 Å². The van der Waals surface area contributed by atoms with E-state index in [4.69, 9.17) is 0 Å². The lowest BCUT2D eigenvalue weighted by atomic mass is 10.2. The van der Waals surface area contributed by atoms with Gasteiger partial charge in [0.25, 0.3) is 11.5 Å². The van der Waals surface area contributed by atoms with Crippen LogP contribution >= 0.6 is 11.3 Å². The highest BCUT2D eigenvalue weighted by Gasteiger charge is 2.20. The second-order valence-electron chi connectivity index (χ2n) is 5.68. The summed E-state index contributed by atoms with van der Waals surface area (Å²) in [5.41, 5.74) is 0.0818. The summed E-state index contributed by atoms with van der Waals surface area (Å²) in [5, 5.41) is 9.28. The molecule has 2 N–H and O–H groups in total. The molecule has 0 saturated carbocycles. The van der Waals surface area contributed by atoms with Crippen molar-refractivity contribution in [2.45, 2.75) is 13.5 Å². The number of carbonyl (C=O) groups is 1. The van der Waals surface area contributed by atoms with Crippen LogP contribution in [-0.2, 0) is 6.54 Å². The molecule has 134 valence electrons. The Hall–Kier alpha value is -2.84. The number of nitrogens with zero attached hydrogens (tertiary/aromatic N) is 3. The van der Waals surface area contributed by atoms with Gasteiger partial charge >= 0.3 is 0 Å². The van der Waals surface area contributed by atoms with Crippen LogP contribution < -0.4 is 5.56 Å². The Morgan fingerprint density at radius 3 is 2.77 bits per heavy atom.